The summed E-state index contributed by atoms with van der Waals surface area (Å²) < 4.78 is 1.91. The van der Waals surface area contributed by atoms with E-state index in [9.17, 15) is 4.79 Å². The summed E-state index contributed by atoms with van der Waals surface area (Å²) in [6.07, 6.45) is 2.95. The smallest absolute Gasteiger partial charge is 0.227 e. The molecule has 4 aromatic rings. The van der Waals surface area contributed by atoms with Crippen molar-refractivity contribution < 1.29 is 4.79 Å². The van der Waals surface area contributed by atoms with Gasteiger partial charge in [-0.1, -0.05) is 18.2 Å². The predicted octanol–water partition coefficient (Wildman–Crippen LogP) is 4.42. The SMILES string of the molecule is Cc1nc2c3ccccc3nn2c(C)c1CCC(=O)N1CCCc2c(N)cccc21.Cl. The first kappa shape index (κ1) is 21.1. The Kier molecular flexibility index (Phi) is 5.58. The number of aryl methyl sites for hydroxylation is 2. The van der Waals surface area contributed by atoms with Gasteiger partial charge in [0, 0.05) is 41.1 Å². The van der Waals surface area contributed by atoms with Crippen molar-refractivity contribution in [3.63, 3.8) is 0 Å². The number of nitrogen functional groups attached to an aromatic ring is 1. The third-order valence-electron chi connectivity index (χ3n) is 6.19. The van der Waals surface area contributed by atoms with E-state index >= 15 is 0 Å². The lowest BCUT2D eigenvalue weighted by molar-refractivity contribution is -0.118. The summed E-state index contributed by atoms with van der Waals surface area (Å²) in [7, 11) is 0. The molecular weight excluding hydrogens is 410 g/mol. The molecular formula is C24H26ClN5O. The second-order valence-corrected chi connectivity index (χ2v) is 8.01. The van der Waals surface area contributed by atoms with Gasteiger partial charge in [-0.05, 0) is 68.5 Å². The number of amides is 1. The summed E-state index contributed by atoms with van der Waals surface area (Å²) in [5.74, 6) is 0.131. The van der Waals surface area contributed by atoms with Crippen LogP contribution in [0.2, 0.25) is 0 Å². The van der Waals surface area contributed by atoms with Crippen molar-refractivity contribution in [2.45, 2.75) is 39.5 Å². The van der Waals surface area contributed by atoms with Gasteiger partial charge in [0.15, 0.2) is 5.65 Å². The molecule has 0 saturated heterocycles. The van der Waals surface area contributed by atoms with Crippen LogP contribution in [-0.4, -0.2) is 27.0 Å². The van der Waals surface area contributed by atoms with Crippen LogP contribution in [0.1, 0.15) is 35.4 Å². The largest absolute Gasteiger partial charge is 0.398 e. The number of hydrogen-bond acceptors (Lipinski definition) is 4. The maximum absolute atomic E-state index is 13.1. The van der Waals surface area contributed by atoms with E-state index in [-0.39, 0.29) is 18.3 Å². The normalized spacial score (nSPS) is 13.3. The van der Waals surface area contributed by atoms with Crippen LogP contribution in [0.25, 0.3) is 16.6 Å². The van der Waals surface area contributed by atoms with E-state index in [0.717, 1.165) is 69.8 Å². The number of rotatable bonds is 3. The molecule has 1 aliphatic heterocycles. The molecule has 0 fully saturated rings. The van der Waals surface area contributed by atoms with Crippen molar-refractivity contribution >= 4 is 46.2 Å². The highest BCUT2D eigenvalue weighted by Crippen LogP contribution is 2.32. The van der Waals surface area contributed by atoms with Crippen LogP contribution in [0, 0.1) is 13.8 Å². The molecule has 0 bridgehead atoms. The molecule has 1 aliphatic rings. The molecule has 3 heterocycles. The molecule has 0 radical (unpaired) electrons. The van der Waals surface area contributed by atoms with Crippen LogP contribution in [0.4, 0.5) is 11.4 Å². The van der Waals surface area contributed by atoms with Crippen LogP contribution in [0.3, 0.4) is 0 Å². The van der Waals surface area contributed by atoms with Crippen LogP contribution in [0.5, 0.6) is 0 Å². The molecule has 2 N–H and O–H groups in total. The van der Waals surface area contributed by atoms with Crippen molar-refractivity contribution in [2.24, 2.45) is 0 Å². The molecule has 0 aliphatic carbocycles. The van der Waals surface area contributed by atoms with Gasteiger partial charge in [-0.2, -0.15) is 5.10 Å². The third kappa shape index (κ3) is 3.51. The third-order valence-corrected chi connectivity index (χ3v) is 6.19. The lowest BCUT2D eigenvalue weighted by atomic mass is 9.99. The lowest BCUT2D eigenvalue weighted by Gasteiger charge is -2.30. The van der Waals surface area contributed by atoms with E-state index in [0.29, 0.717) is 12.8 Å². The van der Waals surface area contributed by atoms with E-state index in [1.807, 2.05) is 58.8 Å². The Morgan fingerprint density at radius 1 is 1.13 bits per heavy atom. The zero-order valence-electron chi connectivity index (χ0n) is 17.8. The molecule has 5 rings (SSSR count). The van der Waals surface area contributed by atoms with E-state index in [2.05, 4.69) is 6.92 Å². The Hall–Kier alpha value is -3.12. The minimum absolute atomic E-state index is 0. The maximum Gasteiger partial charge on any atom is 0.227 e. The molecule has 0 saturated carbocycles. The number of carbonyl (C=O) groups is 1. The van der Waals surface area contributed by atoms with E-state index in [1.54, 1.807) is 0 Å². The number of benzene rings is 2. The van der Waals surface area contributed by atoms with Gasteiger partial charge in [0.1, 0.15) is 0 Å². The summed E-state index contributed by atoms with van der Waals surface area (Å²) >= 11 is 0. The summed E-state index contributed by atoms with van der Waals surface area (Å²) in [6.45, 7) is 4.82. The molecule has 6 nitrogen and oxygen atoms in total. The van der Waals surface area contributed by atoms with E-state index in [4.69, 9.17) is 15.8 Å². The molecule has 2 aromatic carbocycles. The first-order chi connectivity index (χ1) is 14.5. The van der Waals surface area contributed by atoms with Gasteiger partial charge >= 0.3 is 0 Å². The zero-order valence-corrected chi connectivity index (χ0v) is 18.6. The molecule has 0 atom stereocenters. The van der Waals surface area contributed by atoms with Crippen molar-refractivity contribution in [1.29, 1.82) is 0 Å². The van der Waals surface area contributed by atoms with Crippen LogP contribution in [0.15, 0.2) is 42.5 Å². The van der Waals surface area contributed by atoms with Crippen molar-refractivity contribution in [3.8, 4) is 0 Å². The fourth-order valence-corrected chi connectivity index (χ4v) is 4.62. The van der Waals surface area contributed by atoms with Crippen molar-refractivity contribution in [2.75, 3.05) is 17.2 Å². The number of carbonyl (C=O) groups excluding carboxylic acids is 1. The number of nitrogens with zero attached hydrogens (tertiary/aromatic N) is 4. The molecule has 160 valence electrons. The minimum atomic E-state index is 0. The van der Waals surface area contributed by atoms with Gasteiger partial charge in [0.05, 0.1) is 5.52 Å². The van der Waals surface area contributed by atoms with Gasteiger partial charge in [-0.25, -0.2) is 9.50 Å². The van der Waals surface area contributed by atoms with E-state index < -0.39 is 0 Å². The Morgan fingerprint density at radius 3 is 2.77 bits per heavy atom. The average Bonchev–Trinajstić information content (AvgIpc) is 3.12. The van der Waals surface area contributed by atoms with Gasteiger partial charge in [-0.15, -0.1) is 12.4 Å². The fraction of sp³-hybridized carbons (Fsp3) is 0.292. The molecule has 31 heavy (non-hydrogen) atoms. The minimum Gasteiger partial charge on any atom is -0.398 e. The molecule has 0 spiro atoms. The second-order valence-electron chi connectivity index (χ2n) is 8.01. The summed E-state index contributed by atoms with van der Waals surface area (Å²) in [5.41, 5.74) is 13.9. The molecule has 1 amide bonds. The average molecular weight is 436 g/mol. The molecule has 2 aromatic heterocycles. The number of nitrogens with two attached hydrogens (primary N) is 1. The van der Waals surface area contributed by atoms with Gasteiger partial charge in [0.25, 0.3) is 0 Å². The van der Waals surface area contributed by atoms with Crippen molar-refractivity contribution in [1.82, 2.24) is 14.6 Å². The number of anilines is 2. The Balaban J connectivity index is 0.00000231. The number of fused-ring (bicyclic) bond motifs is 4. The van der Waals surface area contributed by atoms with Crippen molar-refractivity contribution in [3.05, 3.63) is 65.0 Å². The first-order valence-corrected chi connectivity index (χ1v) is 10.5. The van der Waals surface area contributed by atoms with Crippen LogP contribution < -0.4 is 10.6 Å². The number of halogens is 1. The number of aromatic nitrogens is 3. The summed E-state index contributed by atoms with van der Waals surface area (Å²) in [6, 6.07) is 13.9. The van der Waals surface area contributed by atoms with Gasteiger partial charge < -0.3 is 10.6 Å². The number of hydrogen-bond donors (Lipinski definition) is 1. The second kappa shape index (κ2) is 8.19. The highest BCUT2D eigenvalue weighted by molar-refractivity contribution is 5.96. The molecule has 7 heteroatoms. The van der Waals surface area contributed by atoms with E-state index in [1.165, 1.54) is 0 Å². The standard InChI is InChI=1S/C24H25N5O.ClH/c1-15-17(16(2)29-24(26-15)19-7-3-4-10-21(19)27-29)12-13-23(30)28-14-6-8-18-20(25)9-5-11-22(18)28;/h3-5,7,9-11H,6,8,12-14,25H2,1-2H3;1H. The summed E-state index contributed by atoms with van der Waals surface area (Å²) in [5, 5.41) is 5.77. The maximum atomic E-state index is 13.1. The lowest BCUT2D eigenvalue weighted by Crippen LogP contribution is -2.36. The fourth-order valence-electron chi connectivity index (χ4n) is 4.62. The predicted molar refractivity (Wildman–Crippen MR) is 127 cm³/mol. The first-order valence-electron chi connectivity index (χ1n) is 10.5. The van der Waals surface area contributed by atoms with Crippen LogP contribution >= 0.6 is 12.4 Å². The quantitative estimate of drug-likeness (QED) is 0.483. The Bertz CT molecular complexity index is 1300. The highest BCUT2D eigenvalue weighted by Gasteiger charge is 2.24. The van der Waals surface area contributed by atoms with Gasteiger partial charge in [-0.3, -0.25) is 4.79 Å². The van der Waals surface area contributed by atoms with Crippen LogP contribution in [-0.2, 0) is 17.6 Å². The molecule has 0 unspecified atom stereocenters. The summed E-state index contributed by atoms with van der Waals surface area (Å²) in [4.78, 5) is 19.8. The van der Waals surface area contributed by atoms with Gasteiger partial charge in [0.2, 0.25) is 5.91 Å². The highest BCUT2D eigenvalue weighted by atomic mass is 35.5. The monoisotopic (exact) mass is 435 g/mol. The Morgan fingerprint density at radius 2 is 1.94 bits per heavy atom. The Labute approximate surface area is 187 Å². The topological polar surface area (TPSA) is 76.5 Å². The zero-order chi connectivity index (χ0) is 20.8.